The van der Waals surface area contributed by atoms with Crippen LogP contribution in [0.25, 0.3) is 10.9 Å². The first-order valence-corrected chi connectivity index (χ1v) is 10.3. The Morgan fingerprint density at radius 1 is 1.15 bits per heavy atom. The molecule has 27 heavy (non-hydrogen) atoms. The molecule has 1 saturated heterocycles. The van der Waals surface area contributed by atoms with Crippen LogP contribution >= 0.6 is 0 Å². The molecule has 3 heterocycles. The largest absolute Gasteiger partial charge is 0.494 e. The first kappa shape index (κ1) is 18.4. The molecule has 0 bridgehead atoms. The first-order chi connectivity index (χ1) is 13.0. The maximum atomic E-state index is 11.1. The average Bonchev–Trinajstić information content (AvgIpc) is 2.97. The molecule has 0 radical (unpaired) electrons. The molecule has 2 atom stereocenters. The normalized spacial score (nSPS) is 23.9. The molecule has 1 aromatic heterocycles. The summed E-state index contributed by atoms with van der Waals surface area (Å²) in [5.74, 6) is 0.334. The van der Waals surface area contributed by atoms with Gasteiger partial charge in [-0.15, -0.1) is 0 Å². The molecule has 0 aliphatic carbocycles. The van der Waals surface area contributed by atoms with Crippen molar-refractivity contribution in [3.63, 3.8) is 0 Å². The summed E-state index contributed by atoms with van der Waals surface area (Å²) in [4.78, 5) is 7.26. The smallest absolute Gasteiger partial charge is 0.201 e. The van der Waals surface area contributed by atoms with Gasteiger partial charge in [-0.05, 0) is 58.7 Å². The number of aromatic nitrogens is 1. The monoisotopic (exact) mass is 369 g/mol. The van der Waals surface area contributed by atoms with Gasteiger partial charge in [-0.1, -0.05) is 0 Å². The minimum absolute atomic E-state index is 0.180. The van der Waals surface area contributed by atoms with E-state index >= 15 is 0 Å². The second-order valence-electron chi connectivity index (χ2n) is 8.24. The third-order valence-electron chi connectivity index (χ3n) is 6.04. The summed E-state index contributed by atoms with van der Waals surface area (Å²) in [5, 5.41) is 12.2. The van der Waals surface area contributed by atoms with Gasteiger partial charge in [-0.3, -0.25) is 4.99 Å². The maximum absolute atomic E-state index is 11.1. The zero-order valence-corrected chi connectivity index (χ0v) is 16.9. The summed E-state index contributed by atoms with van der Waals surface area (Å²) in [5.41, 5.74) is 4.18. The third kappa shape index (κ3) is 3.12. The van der Waals surface area contributed by atoms with Crippen molar-refractivity contribution in [2.45, 2.75) is 65.1 Å². The summed E-state index contributed by atoms with van der Waals surface area (Å²) in [7, 11) is 0. The van der Waals surface area contributed by atoms with Crippen LogP contribution in [0.2, 0.25) is 0 Å². The number of nitrogens with zero attached hydrogens (tertiary/aromatic N) is 3. The van der Waals surface area contributed by atoms with Crippen LogP contribution in [0.5, 0.6) is 5.88 Å². The van der Waals surface area contributed by atoms with Gasteiger partial charge in [0, 0.05) is 35.6 Å². The van der Waals surface area contributed by atoms with Crippen molar-refractivity contribution in [1.29, 1.82) is 0 Å². The molecule has 2 unspecified atom stereocenters. The van der Waals surface area contributed by atoms with Crippen LogP contribution in [0.4, 0.5) is 5.69 Å². The number of hydrogen-bond donors (Lipinski definition) is 1. The molecule has 2 aromatic rings. The van der Waals surface area contributed by atoms with E-state index in [1.54, 1.807) is 0 Å². The van der Waals surface area contributed by atoms with Crippen LogP contribution < -0.4 is 4.90 Å². The molecule has 1 aromatic carbocycles. The zero-order chi connectivity index (χ0) is 19.1. The van der Waals surface area contributed by atoms with E-state index in [2.05, 4.69) is 50.8 Å². The van der Waals surface area contributed by atoms with E-state index in [0.717, 1.165) is 28.6 Å². The molecule has 1 N–H and O–H groups in total. The molecule has 0 spiro atoms. The van der Waals surface area contributed by atoms with E-state index in [-0.39, 0.29) is 6.04 Å². The molecule has 0 amide bonds. The van der Waals surface area contributed by atoms with Crippen molar-refractivity contribution >= 4 is 22.3 Å². The van der Waals surface area contributed by atoms with Crippen LogP contribution in [0, 0.1) is 0 Å². The topological polar surface area (TPSA) is 50.0 Å². The Kier molecular flexibility index (Phi) is 4.89. The molecule has 1 fully saturated rings. The van der Waals surface area contributed by atoms with Crippen molar-refractivity contribution in [1.82, 2.24) is 4.57 Å². The van der Waals surface area contributed by atoms with Crippen LogP contribution in [-0.2, 0) is 4.74 Å². The van der Waals surface area contributed by atoms with E-state index in [1.165, 1.54) is 18.5 Å². The lowest BCUT2D eigenvalue weighted by atomic mass is 10.0. The molecule has 4 rings (SSSR count). The molecular formula is C22H31N3O2. The number of benzene rings is 1. The van der Waals surface area contributed by atoms with Crippen LogP contribution in [0.1, 0.15) is 58.6 Å². The number of anilines is 1. The van der Waals surface area contributed by atoms with E-state index < -0.39 is 0 Å². The highest BCUT2D eigenvalue weighted by molar-refractivity contribution is 6.14. The van der Waals surface area contributed by atoms with Crippen molar-refractivity contribution in [2.24, 2.45) is 4.99 Å². The number of ether oxygens (including phenoxy) is 1. The van der Waals surface area contributed by atoms with Gasteiger partial charge in [0.2, 0.25) is 5.88 Å². The van der Waals surface area contributed by atoms with Gasteiger partial charge in [0.15, 0.2) is 0 Å². The predicted octanol–water partition coefficient (Wildman–Crippen LogP) is 4.51. The van der Waals surface area contributed by atoms with Gasteiger partial charge in [0.25, 0.3) is 0 Å². The quantitative estimate of drug-likeness (QED) is 0.866. The molecule has 5 nitrogen and oxygen atoms in total. The number of aromatic hydroxyl groups is 1. The van der Waals surface area contributed by atoms with Gasteiger partial charge in [0.1, 0.15) is 0 Å². The number of fused-ring (bicyclic) bond motifs is 1. The molecule has 2 aliphatic rings. The van der Waals surface area contributed by atoms with Gasteiger partial charge in [0.05, 0.1) is 36.6 Å². The number of rotatable bonds is 3. The average molecular weight is 370 g/mol. The van der Waals surface area contributed by atoms with E-state index in [0.29, 0.717) is 37.7 Å². The Morgan fingerprint density at radius 3 is 2.59 bits per heavy atom. The van der Waals surface area contributed by atoms with Gasteiger partial charge in [-0.25, -0.2) is 0 Å². The standard InChI is InChI=1S/C22H31N3O2/c1-14(2)24-20-8-7-17(25-15(3)5-6-16(25)4)13-18(20)21(22(24)26)19-9-11-27-12-10-23-19/h7-8,13-16,26H,5-6,9-12H2,1-4H3. The second kappa shape index (κ2) is 7.19. The number of aliphatic imine (C=N–C) groups is 1. The van der Waals surface area contributed by atoms with Crippen molar-refractivity contribution < 1.29 is 9.84 Å². The molecular weight excluding hydrogens is 338 g/mol. The molecule has 2 aliphatic heterocycles. The van der Waals surface area contributed by atoms with Crippen molar-refractivity contribution in [2.75, 3.05) is 24.7 Å². The Morgan fingerprint density at radius 2 is 1.89 bits per heavy atom. The van der Waals surface area contributed by atoms with Crippen molar-refractivity contribution in [3.8, 4) is 5.88 Å². The summed E-state index contributed by atoms with van der Waals surface area (Å²) in [6.07, 6.45) is 3.20. The maximum Gasteiger partial charge on any atom is 0.201 e. The summed E-state index contributed by atoms with van der Waals surface area (Å²) in [6.45, 7) is 10.8. The number of hydrogen-bond acceptors (Lipinski definition) is 4. The van der Waals surface area contributed by atoms with Crippen LogP contribution in [-0.4, -0.2) is 47.2 Å². The highest BCUT2D eigenvalue weighted by Gasteiger charge is 2.29. The molecule has 5 heteroatoms. The van der Waals surface area contributed by atoms with Gasteiger partial charge >= 0.3 is 0 Å². The minimum atomic E-state index is 0.180. The fourth-order valence-electron chi connectivity index (χ4n) is 4.76. The lowest BCUT2D eigenvalue weighted by Crippen LogP contribution is -2.32. The Labute approximate surface area is 161 Å². The summed E-state index contributed by atoms with van der Waals surface area (Å²) in [6, 6.07) is 7.91. The second-order valence-corrected chi connectivity index (χ2v) is 8.24. The SMILES string of the molecule is CC1CCC(C)N1c1ccc2c(c1)c(C1=NCCOCC1)c(O)n2C(C)C. The Balaban J connectivity index is 1.91. The minimum Gasteiger partial charge on any atom is -0.494 e. The summed E-state index contributed by atoms with van der Waals surface area (Å²) < 4.78 is 7.60. The van der Waals surface area contributed by atoms with E-state index in [9.17, 15) is 5.11 Å². The van der Waals surface area contributed by atoms with E-state index in [1.807, 2.05) is 4.57 Å². The van der Waals surface area contributed by atoms with Gasteiger partial charge in [-0.2, -0.15) is 0 Å². The first-order valence-electron chi connectivity index (χ1n) is 10.3. The fourth-order valence-corrected chi connectivity index (χ4v) is 4.76. The van der Waals surface area contributed by atoms with Crippen LogP contribution in [0.15, 0.2) is 23.2 Å². The van der Waals surface area contributed by atoms with Crippen LogP contribution in [0.3, 0.4) is 0 Å². The van der Waals surface area contributed by atoms with Gasteiger partial charge < -0.3 is 19.3 Å². The summed E-state index contributed by atoms with van der Waals surface area (Å²) >= 11 is 0. The Hall–Kier alpha value is -2.01. The molecule has 146 valence electrons. The predicted molar refractivity (Wildman–Crippen MR) is 111 cm³/mol. The lowest BCUT2D eigenvalue weighted by Gasteiger charge is -2.29. The Bertz CT molecular complexity index is 858. The highest BCUT2D eigenvalue weighted by Crippen LogP contribution is 2.39. The lowest BCUT2D eigenvalue weighted by molar-refractivity contribution is 0.153. The molecule has 0 saturated carbocycles. The zero-order valence-electron chi connectivity index (χ0n) is 16.9. The van der Waals surface area contributed by atoms with E-state index in [4.69, 9.17) is 9.73 Å². The van der Waals surface area contributed by atoms with Crippen molar-refractivity contribution in [3.05, 3.63) is 23.8 Å². The highest BCUT2D eigenvalue weighted by atomic mass is 16.5. The fraction of sp³-hybridized carbons (Fsp3) is 0.591. The third-order valence-corrected chi connectivity index (χ3v) is 6.04.